The zero-order chi connectivity index (χ0) is 25.6. The van der Waals surface area contributed by atoms with Gasteiger partial charge in [-0.1, -0.05) is 45.0 Å². The molecule has 11 nitrogen and oxygen atoms in total. The van der Waals surface area contributed by atoms with Crippen LogP contribution >= 0.6 is 0 Å². The quantitative estimate of drug-likeness (QED) is 0.304. The number of aromatic nitrogens is 2. The highest BCUT2D eigenvalue weighted by Gasteiger charge is 2.35. The molecule has 1 aliphatic heterocycles. The van der Waals surface area contributed by atoms with Crippen LogP contribution < -0.4 is 20.4 Å². The first-order chi connectivity index (χ1) is 16.6. The molecule has 35 heavy (non-hydrogen) atoms. The number of nitro groups is 1. The summed E-state index contributed by atoms with van der Waals surface area (Å²) in [5.41, 5.74) is 7.41. The monoisotopic (exact) mass is 487 g/mol. The smallest absolute Gasteiger partial charge is 0.434 e. The Morgan fingerprint density at radius 1 is 1.29 bits per heavy atom. The van der Waals surface area contributed by atoms with Gasteiger partial charge in [-0.3, -0.25) is 19.9 Å². The van der Waals surface area contributed by atoms with Gasteiger partial charge >= 0.3 is 23.5 Å². The first kappa shape index (κ1) is 26.1. The Bertz CT molecular complexity index is 1050. The van der Waals surface area contributed by atoms with Gasteiger partial charge in [0.2, 0.25) is 0 Å². The first-order valence-corrected chi connectivity index (χ1v) is 11.7. The Hall–Kier alpha value is -3.47. The number of methoxy groups -OCH3 is 1. The fraction of sp³-hybridized carbons (Fsp3) is 0.542. The summed E-state index contributed by atoms with van der Waals surface area (Å²) in [6, 6.07) is 8.02. The van der Waals surface area contributed by atoms with Crippen LogP contribution in [-0.4, -0.2) is 54.1 Å². The SMILES string of the molecule is COC(=O)CN(Cc1cccc(CN2CCCC2)c1)c1[nH+]c(OCC(C)(C)C)nc(N)c1[N+](=O)[O-]. The van der Waals surface area contributed by atoms with Gasteiger partial charge in [0.05, 0.1) is 25.2 Å². The third kappa shape index (κ3) is 7.51. The standard InChI is InChI=1S/C24H34N6O5/c1-24(2,3)16-35-23-26-21(25)20(30(32)33)22(27-23)29(15-19(31)34-4)14-18-9-7-8-17(12-18)13-28-10-5-6-11-28/h7-9,12H,5-6,10-11,13-16H2,1-4H3,(H2,25,26,27)/p+1. The van der Waals surface area contributed by atoms with Gasteiger partial charge < -0.3 is 15.2 Å². The molecule has 3 N–H and O–H groups in total. The van der Waals surface area contributed by atoms with E-state index in [1.165, 1.54) is 24.9 Å². The lowest BCUT2D eigenvalue weighted by atomic mass is 9.99. The van der Waals surface area contributed by atoms with Crippen molar-refractivity contribution in [3.05, 3.63) is 45.5 Å². The number of benzene rings is 1. The molecule has 0 spiro atoms. The van der Waals surface area contributed by atoms with Gasteiger partial charge in [-0.25, -0.2) is 9.78 Å². The fourth-order valence-electron chi connectivity index (χ4n) is 3.91. The molecule has 11 heteroatoms. The number of nitrogen functional groups attached to an aromatic ring is 1. The summed E-state index contributed by atoms with van der Waals surface area (Å²) in [6.07, 6.45) is 2.41. The maximum atomic E-state index is 12.3. The van der Waals surface area contributed by atoms with Crippen LogP contribution in [0.15, 0.2) is 24.3 Å². The van der Waals surface area contributed by atoms with Crippen LogP contribution in [0.25, 0.3) is 0 Å². The molecule has 0 aliphatic carbocycles. The normalized spacial score (nSPS) is 14.1. The van der Waals surface area contributed by atoms with Crippen molar-refractivity contribution in [3.63, 3.8) is 0 Å². The van der Waals surface area contributed by atoms with Crippen molar-refractivity contribution >= 4 is 23.3 Å². The number of hydrogen-bond donors (Lipinski definition) is 1. The minimum Gasteiger partial charge on any atom is -0.467 e. The Balaban J connectivity index is 1.96. The van der Waals surface area contributed by atoms with E-state index < -0.39 is 16.6 Å². The molecule has 1 aromatic carbocycles. The number of nitrogens with one attached hydrogen (secondary N) is 1. The van der Waals surface area contributed by atoms with Crippen LogP contribution in [-0.2, 0) is 22.6 Å². The number of aromatic amines is 1. The second-order valence-electron chi connectivity index (χ2n) is 9.97. The molecule has 3 rings (SSSR count). The van der Waals surface area contributed by atoms with Crippen molar-refractivity contribution < 1.29 is 24.2 Å². The van der Waals surface area contributed by atoms with Crippen molar-refractivity contribution in [1.29, 1.82) is 0 Å². The van der Waals surface area contributed by atoms with Gasteiger partial charge in [-0.2, -0.15) is 0 Å². The van der Waals surface area contributed by atoms with Gasteiger partial charge in [-0.05, 0) is 47.5 Å². The third-order valence-corrected chi connectivity index (χ3v) is 5.57. The van der Waals surface area contributed by atoms with Gasteiger partial charge in [-0.15, -0.1) is 0 Å². The molecule has 1 fully saturated rings. The summed E-state index contributed by atoms with van der Waals surface area (Å²) in [4.78, 5) is 34.4. The first-order valence-electron chi connectivity index (χ1n) is 11.7. The highest BCUT2D eigenvalue weighted by molar-refractivity contribution is 5.77. The number of anilines is 2. The second kappa shape index (κ2) is 11.3. The number of hydrogen-bond acceptors (Lipinski definition) is 9. The topological polar surface area (TPSA) is 138 Å². The van der Waals surface area contributed by atoms with E-state index in [4.69, 9.17) is 15.2 Å². The van der Waals surface area contributed by atoms with Crippen LogP contribution in [0.2, 0.25) is 0 Å². The number of likely N-dealkylation sites (tertiary alicyclic amines) is 1. The average Bonchev–Trinajstić information content (AvgIpc) is 3.29. The van der Waals surface area contributed by atoms with Crippen LogP contribution in [0.5, 0.6) is 6.01 Å². The summed E-state index contributed by atoms with van der Waals surface area (Å²) in [6.45, 7) is 9.24. The lowest BCUT2D eigenvalue weighted by molar-refractivity contribution is -0.420. The van der Waals surface area contributed by atoms with Gasteiger partial charge in [0.1, 0.15) is 0 Å². The number of ether oxygens (including phenoxy) is 2. The number of nitrogens with two attached hydrogens (primary N) is 1. The molecular weight excluding hydrogens is 452 g/mol. The van der Waals surface area contributed by atoms with Crippen LogP contribution in [0.3, 0.4) is 0 Å². The van der Waals surface area contributed by atoms with Crippen molar-refractivity contribution in [3.8, 4) is 6.01 Å². The third-order valence-electron chi connectivity index (χ3n) is 5.57. The van der Waals surface area contributed by atoms with Crippen molar-refractivity contribution in [2.45, 2.75) is 46.7 Å². The van der Waals surface area contributed by atoms with E-state index in [-0.39, 0.29) is 36.2 Å². The van der Waals surface area contributed by atoms with Crippen LogP contribution in [0, 0.1) is 15.5 Å². The van der Waals surface area contributed by atoms with Gasteiger partial charge in [0, 0.05) is 6.54 Å². The number of nitrogens with zero attached hydrogens (tertiary/aromatic N) is 4. The molecule has 0 saturated carbocycles. The lowest BCUT2D eigenvalue weighted by Gasteiger charge is -2.20. The minimum atomic E-state index is -0.615. The fourth-order valence-corrected chi connectivity index (χ4v) is 3.91. The Morgan fingerprint density at radius 3 is 2.60 bits per heavy atom. The van der Waals surface area contributed by atoms with Crippen LogP contribution in [0.4, 0.5) is 17.3 Å². The average molecular weight is 488 g/mol. The predicted molar refractivity (Wildman–Crippen MR) is 131 cm³/mol. The largest absolute Gasteiger partial charge is 0.467 e. The second-order valence-corrected chi connectivity index (χ2v) is 9.97. The van der Waals surface area contributed by atoms with E-state index >= 15 is 0 Å². The highest BCUT2D eigenvalue weighted by Crippen LogP contribution is 2.31. The molecule has 1 aliphatic rings. The summed E-state index contributed by atoms with van der Waals surface area (Å²) in [5.74, 6) is -0.819. The summed E-state index contributed by atoms with van der Waals surface area (Å²) >= 11 is 0. The van der Waals surface area contributed by atoms with Crippen LogP contribution in [0.1, 0.15) is 44.7 Å². The molecule has 0 amide bonds. The van der Waals surface area contributed by atoms with E-state index in [0.717, 1.165) is 30.8 Å². The number of rotatable bonds is 10. The summed E-state index contributed by atoms with van der Waals surface area (Å²) in [7, 11) is 1.27. The highest BCUT2D eigenvalue weighted by atomic mass is 16.6. The van der Waals surface area contributed by atoms with Crippen molar-refractivity contribution in [1.82, 2.24) is 9.88 Å². The maximum absolute atomic E-state index is 12.3. The molecule has 1 saturated heterocycles. The number of carbonyl (C=O) groups excluding carboxylic acids is 1. The van der Waals surface area contributed by atoms with E-state index in [1.807, 2.05) is 32.9 Å². The molecule has 2 heterocycles. The molecule has 0 bridgehead atoms. The number of esters is 1. The molecular formula is C24H35N6O5+. The summed E-state index contributed by atoms with van der Waals surface area (Å²) < 4.78 is 10.6. The molecule has 0 radical (unpaired) electrons. The molecule has 2 aromatic rings. The van der Waals surface area contributed by atoms with E-state index in [9.17, 15) is 14.9 Å². The van der Waals surface area contributed by atoms with Gasteiger partial charge in [0.25, 0.3) is 5.82 Å². The van der Waals surface area contributed by atoms with E-state index in [2.05, 4.69) is 27.0 Å². The maximum Gasteiger partial charge on any atom is 0.434 e. The minimum absolute atomic E-state index is 0.0294. The zero-order valence-corrected chi connectivity index (χ0v) is 20.9. The van der Waals surface area contributed by atoms with Crippen molar-refractivity contribution in [2.75, 3.05) is 44.0 Å². The van der Waals surface area contributed by atoms with Gasteiger partial charge in [0.15, 0.2) is 6.54 Å². The molecule has 190 valence electrons. The molecule has 1 aromatic heterocycles. The van der Waals surface area contributed by atoms with E-state index in [1.54, 1.807) is 0 Å². The van der Waals surface area contributed by atoms with E-state index in [0.29, 0.717) is 6.61 Å². The predicted octanol–water partition coefficient (Wildman–Crippen LogP) is 2.59. The Labute approximate surface area is 205 Å². The lowest BCUT2D eigenvalue weighted by Crippen LogP contribution is -2.36. The Kier molecular flexibility index (Phi) is 8.44. The van der Waals surface area contributed by atoms with Crippen molar-refractivity contribution in [2.24, 2.45) is 5.41 Å². The molecule has 0 unspecified atom stereocenters. The summed E-state index contributed by atoms with van der Waals surface area (Å²) in [5, 5.41) is 11.9. The number of carbonyl (C=O) groups is 1. The zero-order valence-electron chi connectivity index (χ0n) is 20.9. The number of H-pyrrole nitrogens is 1. The Morgan fingerprint density at radius 2 is 1.97 bits per heavy atom. The molecule has 0 atom stereocenters.